The maximum absolute atomic E-state index is 12.5. The van der Waals surface area contributed by atoms with E-state index in [1.807, 2.05) is 6.92 Å². The summed E-state index contributed by atoms with van der Waals surface area (Å²) < 4.78 is 6.09. The second-order valence-corrected chi connectivity index (χ2v) is 7.54. The number of benzene rings is 1. The molecule has 1 saturated carbocycles. The lowest BCUT2D eigenvalue weighted by Gasteiger charge is -2.36. The van der Waals surface area contributed by atoms with Gasteiger partial charge in [-0.25, -0.2) is 0 Å². The molecule has 0 atom stereocenters. The van der Waals surface area contributed by atoms with Gasteiger partial charge in [-0.3, -0.25) is 4.79 Å². The van der Waals surface area contributed by atoms with Crippen molar-refractivity contribution in [1.82, 2.24) is 5.32 Å². The molecule has 6 heteroatoms. The summed E-state index contributed by atoms with van der Waals surface area (Å²) in [5.41, 5.74) is 1.27. The van der Waals surface area contributed by atoms with E-state index < -0.39 is 5.54 Å². The van der Waals surface area contributed by atoms with Crippen LogP contribution in [0, 0.1) is 6.92 Å². The number of halogens is 2. The predicted molar refractivity (Wildman–Crippen MR) is 93.6 cm³/mol. The van der Waals surface area contributed by atoms with Gasteiger partial charge in [0.1, 0.15) is 5.76 Å². The molecule has 4 nitrogen and oxygen atoms in total. The van der Waals surface area contributed by atoms with Gasteiger partial charge in [0.15, 0.2) is 0 Å². The van der Waals surface area contributed by atoms with Gasteiger partial charge in [-0.2, -0.15) is 0 Å². The van der Waals surface area contributed by atoms with Gasteiger partial charge in [-0.15, -0.1) is 0 Å². The smallest absolute Gasteiger partial charge is 0.256 e. The number of hydrogen-bond acceptors (Lipinski definition) is 3. The first kappa shape index (κ1) is 16.8. The van der Waals surface area contributed by atoms with Crippen molar-refractivity contribution in [2.24, 2.45) is 0 Å². The number of carbonyl (C=O) groups excluding carboxylic acids is 1. The van der Waals surface area contributed by atoms with Gasteiger partial charge in [0.05, 0.1) is 22.2 Å². The van der Waals surface area contributed by atoms with Crippen LogP contribution >= 0.6 is 27.5 Å². The first-order valence-electron chi connectivity index (χ1n) is 7.63. The van der Waals surface area contributed by atoms with E-state index in [2.05, 4.69) is 21.2 Å². The highest BCUT2D eigenvalue weighted by Crippen LogP contribution is 2.43. The molecule has 124 valence electrons. The summed E-state index contributed by atoms with van der Waals surface area (Å²) in [4.78, 5) is 12.5. The van der Waals surface area contributed by atoms with Crippen molar-refractivity contribution in [2.45, 2.75) is 44.2 Å². The van der Waals surface area contributed by atoms with Gasteiger partial charge in [0, 0.05) is 11.6 Å². The van der Waals surface area contributed by atoms with E-state index in [4.69, 9.17) is 16.3 Å². The third-order valence-electron chi connectivity index (χ3n) is 4.93. The van der Waals surface area contributed by atoms with E-state index >= 15 is 0 Å². The molecule has 0 unspecified atom stereocenters. The molecule has 1 spiro atoms. The topological polar surface area (TPSA) is 58.6 Å². The molecule has 0 radical (unpaired) electrons. The number of ether oxygens (including phenoxy) is 1. The number of aliphatic hydroxyl groups excluding tert-OH is 1. The normalized spacial score (nSPS) is 27.7. The number of rotatable bonds is 2. The maximum atomic E-state index is 12.5. The Kier molecular flexibility index (Phi) is 4.47. The minimum absolute atomic E-state index is 0.148. The molecule has 1 aromatic carbocycles. The van der Waals surface area contributed by atoms with E-state index in [1.165, 1.54) is 0 Å². The monoisotopic (exact) mass is 399 g/mol. The van der Waals surface area contributed by atoms with Crippen molar-refractivity contribution in [3.8, 4) is 0 Å². The van der Waals surface area contributed by atoms with Crippen molar-refractivity contribution in [2.75, 3.05) is 7.11 Å². The molecular weight excluding hydrogens is 382 g/mol. The number of hydrogen-bond donors (Lipinski definition) is 2. The number of methoxy groups -OCH3 is 1. The number of nitrogens with one attached hydrogen (secondary N) is 1. The summed E-state index contributed by atoms with van der Waals surface area (Å²) in [6.45, 7) is 1.88. The second kappa shape index (κ2) is 6.11. The van der Waals surface area contributed by atoms with Crippen molar-refractivity contribution >= 4 is 39.0 Å². The van der Waals surface area contributed by atoms with Crippen LogP contribution in [0.3, 0.4) is 0 Å². The average Bonchev–Trinajstić information content (AvgIpc) is 2.75. The first-order valence-corrected chi connectivity index (χ1v) is 8.80. The van der Waals surface area contributed by atoms with Gasteiger partial charge in [-0.05, 0) is 71.8 Å². The number of aryl methyl sites for hydroxylation is 1. The van der Waals surface area contributed by atoms with Gasteiger partial charge < -0.3 is 15.2 Å². The zero-order chi connectivity index (χ0) is 16.8. The van der Waals surface area contributed by atoms with E-state index in [-0.39, 0.29) is 17.8 Å². The van der Waals surface area contributed by atoms with E-state index in [9.17, 15) is 9.90 Å². The Balaban J connectivity index is 2.02. The highest BCUT2D eigenvalue weighted by atomic mass is 79.9. The Bertz CT molecular complexity index is 693. The molecular formula is C17H19BrClNO3. The quantitative estimate of drug-likeness (QED) is 0.784. The van der Waals surface area contributed by atoms with Crippen molar-refractivity contribution in [1.29, 1.82) is 0 Å². The summed E-state index contributed by atoms with van der Waals surface area (Å²) in [5, 5.41) is 14.4. The molecule has 1 amide bonds. The Labute approximate surface area is 149 Å². The van der Waals surface area contributed by atoms with E-state index in [0.29, 0.717) is 33.5 Å². The Morgan fingerprint density at radius 3 is 2.65 bits per heavy atom. The third kappa shape index (κ3) is 2.79. The molecule has 0 bridgehead atoms. The number of amides is 1. The van der Waals surface area contributed by atoms with Crippen LogP contribution in [0.1, 0.15) is 36.8 Å². The maximum Gasteiger partial charge on any atom is 0.256 e. The van der Waals surface area contributed by atoms with Gasteiger partial charge in [0.25, 0.3) is 5.91 Å². The second-order valence-electron chi connectivity index (χ2n) is 6.28. The Morgan fingerprint density at radius 2 is 2.04 bits per heavy atom. The summed E-state index contributed by atoms with van der Waals surface area (Å²) >= 11 is 9.49. The summed E-state index contributed by atoms with van der Waals surface area (Å²) in [5.74, 6) is -0.0786. The van der Waals surface area contributed by atoms with E-state index in [1.54, 1.807) is 19.2 Å². The van der Waals surface area contributed by atoms with Crippen LogP contribution in [-0.4, -0.2) is 29.8 Å². The lowest BCUT2D eigenvalue weighted by atomic mass is 9.79. The molecule has 2 aliphatic rings. The van der Waals surface area contributed by atoms with Crippen LogP contribution in [0.2, 0.25) is 5.02 Å². The summed E-state index contributed by atoms with van der Waals surface area (Å²) in [6, 6.07) is 3.59. The SMILES string of the molecule is COC1CCC2(CC1)NC(=O)C(c1cc(Br)c(Cl)cc1C)=C2O. The fourth-order valence-electron chi connectivity index (χ4n) is 3.53. The standard InChI is InChI=1S/C17H19BrClNO3/c1-9-7-13(19)12(18)8-11(9)14-15(21)17(20-16(14)22)5-3-10(23-2)4-6-17/h7-8,10,21H,3-6H2,1-2H3,(H,20,22). The van der Waals surface area contributed by atoms with Crippen LogP contribution in [0.15, 0.2) is 22.4 Å². The lowest BCUT2D eigenvalue weighted by Crippen LogP contribution is -2.48. The average molecular weight is 401 g/mol. The molecule has 1 aliphatic carbocycles. The van der Waals surface area contributed by atoms with E-state index in [0.717, 1.165) is 18.4 Å². The summed E-state index contributed by atoms with van der Waals surface area (Å²) in [7, 11) is 1.70. The minimum Gasteiger partial charge on any atom is -0.509 e. The van der Waals surface area contributed by atoms with Crippen LogP contribution in [-0.2, 0) is 9.53 Å². The minimum atomic E-state index is -0.653. The number of carbonyl (C=O) groups is 1. The van der Waals surface area contributed by atoms with Crippen molar-refractivity contribution in [3.63, 3.8) is 0 Å². The molecule has 2 N–H and O–H groups in total. The van der Waals surface area contributed by atoms with Gasteiger partial charge >= 0.3 is 0 Å². The molecule has 1 fully saturated rings. The highest BCUT2D eigenvalue weighted by Gasteiger charge is 2.48. The Hall–Kier alpha value is -1.04. The van der Waals surface area contributed by atoms with Crippen molar-refractivity contribution in [3.05, 3.63) is 38.5 Å². The number of aliphatic hydroxyl groups is 1. The van der Waals surface area contributed by atoms with Gasteiger partial charge in [0.2, 0.25) is 0 Å². The molecule has 1 aliphatic heterocycles. The van der Waals surface area contributed by atoms with Gasteiger partial charge in [-0.1, -0.05) is 11.6 Å². The Morgan fingerprint density at radius 1 is 1.39 bits per heavy atom. The molecule has 1 heterocycles. The van der Waals surface area contributed by atoms with Crippen LogP contribution in [0.5, 0.6) is 0 Å². The third-order valence-corrected chi connectivity index (χ3v) is 6.12. The molecule has 3 rings (SSSR count). The molecule has 23 heavy (non-hydrogen) atoms. The van der Waals surface area contributed by atoms with Crippen molar-refractivity contribution < 1.29 is 14.6 Å². The first-order chi connectivity index (χ1) is 10.9. The molecule has 1 aromatic rings. The fraction of sp³-hybridized carbons (Fsp3) is 0.471. The predicted octanol–water partition coefficient (Wildman–Crippen LogP) is 4.14. The zero-order valence-electron chi connectivity index (χ0n) is 13.1. The lowest BCUT2D eigenvalue weighted by molar-refractivity contribution is -0.116. The highest BCUT2D eigenvalue weighted by molar-refractivity contribution is 9.10. The molecule has 0 saturated heterocycles. The molecule has 0 aromatic heterocycles. The van der Waals surface area contributed by atoms with Crippen LogP contribution in [0.25, 0.3) is 5.57 Å². The van der Waals surface area contributed by atoms with Crippen LogP contribution in [0.4, 0.5) is 0 Å². The fourth-order valence-corrected chi connectivity index (χ4v) is 4.09. The largest absolute Gasteiger partial charge is 0.509 e. The van der Waals surface area contributed by atoms with Crippen LogP contribution < -0.4 is 5.32 Å². The zero-order valence-corrected chi connectivity index (χ0v) is 15.4. The summed E-state index contributed by atoms with van der Waals surface area (Å²) in [6.07, 6.45) is 3.19.